The minimum atomic E-state index is -1.35. The molecule has 3 unspecified atom stereocenters. The molecule has 3 N–H and O–H groups in total. The topological polar surface area (TPSA) is 151 Å². The van der Waals surface area contributed by atoms with Gasteiger partial charge in [-0.1, -0.05) is 18.7 Å². The minimum absolute atomic E-state index is 0.00653. The summed E-state index contributed by atoms with van der Waals surface area (Å²) in [7, 11) is 1.93. The van der Waals surface area contributed by atoms with Crippen LogP contribution < -0.4 is 11.1 Å². The molecule has 1 saturated heterocycles. The van der Waals surface area contributed by atoms with Gasteiger partial charge >= 0.3 is 0 Å². The van der Waals surface area contributed by atoms with Gasteiger partial charge in [-0.3, -0.25) is 28.9 Å². The van der Waals surface area contributed by atoms with Crippen LogP contribution in [-0.4, -0.2) is 74.6 Å². The first-order valence-electron chi connectivity index (χ1n) is 13.5. The quantitative estimate of drug-likeness (QED) is 0.396. The number of carbonyl (C=O) groups is 3. The first kappa shape index (κ1) is 28.7. The molecule has 1 aromatic carbocycles. The van der Waals surface area contributed by atoms with E-state index in [1.807, 2.05) is 31.0 Å². The van der Waals surface area contributed by atoms with Crippen LogP contribution in [0.15, 0.2) is 65.7 Å². The Morgan fingerprint density at radius 3 is 2.81 bits per heavy atom. The average Bonchev–Trinajstić information content (AvgIpc) is 3.53. The molecule has 12 nitrogen and oxygen atoms in total. The lowest BCUT2D eigenvalue weighted by molar-refractivity contribution is -0.139. The number of likely N-dealkylation sites (tertiary alicyclic amines) is 1. The molecule has 0 bridgehead atoms. The van der Waals surface area contributed by atoms with Crippen molar-refractivity contribution in [3.05, 3.63) is 78.0 Å². The fourth-order valence-electron chi connectivity index (χ4n) is 5.52. The number of benzene rings is 1. The number of azo groups is 1. The third-order valence-electron chi connectivity index (χ3n) is 7.53. The van der Waals surface area contributed by atoms with Gasteiger partial charge in [0.15, 0.2) is 5.69 Å². The Bertz CT molecular complexity index is 1610. The van der Waals surface area contributed by atoms with Crippen molar-refractivity contribution in [3.8, 4) is 0 Å². The zero-order valence-corrected chi connectivity index (χ0v) is 23.4. The summed E-state index contributed by atoms with van der Waals surface area (Å²) in [5.74, 6) is -1.68. The highest BCUT2D eigenvalue weighted by Crippen LogP contribution is 2.28. The van der Waals surface area contributed by atoms with Crippen molar-refractivity contribution in [2.45, 2.75) is 44.7 Å². The molecular formula is C29H32FN9O3. The molecule has 2 aromatic heterocycles. The molecule has 1 fully saturated rings. The molecule has 2 aliphatic heterocycles. The highest BCUT2D eigenvalue weighted by molar-refractivity contribution is 6.05. The SMILES string of the molecule is C=C/N=N\C=C(/C)c1ccc2c(c1)c(C(N)=O)nn2CC(=O)N1CC(F)CC1C(=O)NC1CN(C)Cc2ncccc21. The molecule has 5 rings (SSSR count). The third-order valence-corrected chi connectivity index (χ3v) is 7.53. The summed E-state index contributed by atoms with van der Waals surface area (Å²) in [5.41, 5.74) is 9.38. The van der Waals surface area contributed by atoms with E-state index in [-0.39, 0.29) is 31.2 Å². The maximum absolute atomic E-state index is 14.7. The van der Waals surface area contributed by atoms with E-state index in [2.05, 4.69) is 32.2 Å². The van der Waals surface area contributed by atoms with Crippen LogP contribution in [0.5, 0.6) is 0 Å². The van der Waals surface area contributed by atoms with Crippen LogP contribution in [-0.2, 0) is 22.7 Å². The molecule has 3 amide bonds. The second-order valence-corrected chi connectivity index (χ2v) is 10.5. The lowest BCUT2D eigenvalue weighted by Crippen LogP contribution is -2.50. The molecular weight excluding hydrogens is 541 g/mol. The first-order chi connectivity index (χ1) is 20.2. The fourth-order valence-corrected chi connectivity index (χ4v) is 5.52. The van der Waals surface area contributed by atoms with E-state index in [1.54, 1.807) is 30.6 Å². The number of fused-ring (bicyclic) bond motifs is 2. The molecule has 3 aromatic rings. The predicted octanol–water partition coefficient (Wildman–Crippen LogP) is 2.73. The van der Waals surface area contributed by atoms with Crippen LogP contribution in [0.1, 0.15) is 46.7 Å². The molecule has 13 heteroatoms. The van der Waals surface area contributed by atoms with Crippen molar-refractivity contribution >= 4 is 34.2 Å². The number of pyridine rings is 1. The number of rotatable bonds is 8. The molecule has 0 aliphatic carbocycles. The number of nitrogens with one attached hydrogen (secondary N) is 1. The zero-order valence-electron chi connectivity index (χ0n) is 23.4. The predicted molar refractivity (Wildman–Crippen MR) is 153 cm³/mol. The molecule has 218 valence electrons. The second-order valence-electron chi connectivity index (χ2n) is 10.5. The largest absolute Gasteiger partial charge is 0.364 e. The molecule has 0 radical (unpaired) electrons. The zero-order chi connectivity index (χ0) is 30.0. The minimum Gasteiger partial charge on any atom is -0.364 e. The number of alkyl halides is 1. The van der Waals surface area contributed by atoms with Crippen molar-refractivity contribution in [1.82, 2.24) is 29.9 Å². The van der Waals surface area contributed by atoms with Gasteiger partial charge in [0.1, 0.15) is 18.8 Å². The van der Waals surface area contributed by atoms with Gasteiger partial charge in [0, 0.05) is 37.3 Å². The lowest BCUT2D eigenvalue weighted by atomic mass is 9.99. The Kier molecular flexibility index (Phi) is 8.20. The lowest BCUT2D eigenvalue weighted by Gasteiger charge is -2.33. The number of primary amides is 1. The van der Waals surface area contributed by atoms with E-state index < -0.39 is 29.9 Å². The number of carbonyl (C=O) groups excluding carboxylic acids is 3. The number of nitrogens with two attached hydrogens (primary N) is 1. The van der Waals surface area contributed by atoms with E-state index in [4.69, 9.17) is 5.73 Å². The van der Waals surface area contributed by atoms with E-state index in [1.165, 1.54) is 15.8 Å². The number of likely N-dealkylation sites (N-methyl/N-ethyl adjacent to an activating group) is 1. The van der Waals surface area contributed by atoms with Gasteiger partial charge in [-0.25, -0.2) is 4.39 Å². The van der Waals surface area contributed by atoms with Gasteiger partial charge in [0.05, 0.1) is 30.0 Å². The van der Waals surface area contributed by atoms with E-state index in [0.29, 0.717) is 24.0 Å². The third kappa shape index (κ3) is 5.81. The number of allylic oxidation sites excluding steroid dienone is 1. The summed E-state index contributed by atoms with van der Waals surface area (Å²) in [6, 6.07) is 7.66. The van der Waals surface area contributed by atoms with Gasteiger partial charge in [-0.2, -0.15) is 15.3 Å². The molecule has 4 heterocycles. The fraction of sp³-hybridized carbons (Fsp3) is 0.345. The average molecular weight is 574 g/mol. The van der Waals surface area contributed by atoms with Crippen LogP contribution >= 0.6 is 0 Å². The summed E-state index contributed by atoms with van der Waals surface area (Å²) < 4.78 is 16.0. The van der Waals surface area contributed by atoms with Gasteiger partial charge in [-0.15, -0.1) is 0 Å². The van der Waals surface area contributed by atoms with Crippen LogP contribution in [0.4, 0.5) is 4.39 Å². The van der Waals surface area contributed by atoms with E-state index >= 15 is 0 Å². The van der Waals surface area contributed by atoms with Gasteiger partial charge in [-0.05, 0) is 48.9 Å². The van der Waals surface area contributed by atoms with Gasteiger partial charge in [0.25, 0.3) is 5.91 Å². The van der Waals surface area contributed by atoms with Crippen LogP contribution in [0.25, 0.3) is 16.5 Å². The second kappa shape index (κ2) is 12.0. The van der Waals surface area contributed by atoms with Crippen molar-refractivity contribution < 1.29 is 18.8 Å². The van der Waals surface area contributed by atoms with Crippen LogP contribution in [0.2, 0.25) is 0 Å². The molecule has 2 aliphatic rings. The Morgan fingerprint density at radius 2 is 2.05 bits per heavy atom. The molecule has 3 atom stereocenters. The van der Waals surface area contributed by atoms with Gasteiger partial charge in [0.2, 0.25) is 11.8 Å². The summed E-state index contributed by atoms with van der Waals surface area (Å²) in [5, 5.41) is 15.4. The van der Waals surface area contributed by atoms with Gasteiger partial charge < -0.3 is 16.0 Å². The van der Waals surface area contributed by atoms with Crippen LogP contribution in [0.3, 0.4) is 0 Å². The number of halogens is 1. The van der Waals surface area contributed by atoms with Crippen LogP contribution in [0, 0.1) is 0 Å². The monoisotopic (exact) mass is 573 g/mol. The Labute approximate surface area is 241 Å². The standard InChI is InChI=1S/C29H32FN9O3/c1-4-33-34-12-17(2)18-7-8-24-21(10-18)27(28(31)41)36-39(24)16-26(40)38-13-19(30)11-25(38)29(42)35-23-15-37(3)14-22-20(23)6-5-9-32-22/h4-10,12,19,23,25H,1,11,13-16H2,2-3H3,(H2,31,41)(H,35,42)/b17-12+,34-33-. The van der Waals surface area contributed by atoms with Crippen molar-refractivity contribution in [1.29, 1.82) is 0 Å². The summed E-state index contributed by atoms with van der Waals surface area (Å²) >= 11 is 0. The summed E-state index contributed by atoms with van der Waals surface area (Å²) in [6.07, 6.45) is 3.11. The van der Waals surface area contributed by atoms with Crippen molar-refractivity contribution in [2.75, 3.05) is 20.1 Å². The Morgan fingerprint density at radius 1 is 1.24 bits per heavy atom. The van der Waals surface area contributed by atoms with Crippen molar-refractivity contribution in [2.24, 2.45) is 16.0 Å². The van der Waals surface area contributed by atoms with Crippen molar-refractivity contribution in [3.63, 3.8) is 0 Å². The Balaban J connectivity index is 1.37. The van der Waals surface area contributed by atoms with E-state index in [9.17, 15) is 18.8 Å². The summed E-state index contributed by atoms with van der Waals surface area (Å²) in [6.45, 7) is 6.01. The highest BCUT2D eigenvalue weighted by Gasteiger charge is 2.41. The van der Waals surface area contributed by atoms with E-state index in [0.717, 1.165) is 22.4 Å². The number of hydrogen-bond donors (Lipinski definition) is 2. The summed E-state index contributed by atoms with van der Waals surface area (Å²) in [4.78, 5) is 46.9. The highest BCUT2D eigenvalue weighted by atomic mass is 19.1. The molecule has 0 spiro atoms. The number of amides is 3. The normalized spacial score (nSPS) is 21.1. The first-order valence-corrected chi connectivity index (χ1v) is 13.5. The number of hydrogen-bond acceptors (Lipinski definition) is 8. The Hall–Kier alpha value is -4.78. The maximum atomic E-state index is 14.7. The maximum Gasteiger partial charge on any atom is 0.269 e. The smallest absolute Gasteiger partial charge is 0.269 e. The molecule has 0 saturated carbocycles. The number of nitrogens with zero attached hydrogens (tertiary/aromatic N) is 7. The number of aromatic nitrogens is 3. The molecule has 42 heavy (non-hydrogen) atoms.